The van der Waals surface area contributed by atoms with E-state index in [1.807, 2.05) is 9.80 Å². The van der Waals surface area contributed by atoms with Crippen LogP contribution in [-0.4, -0.2) is 173 Å². The van der Waals surface area contributed by atoms with Crippen LogP contribution in [-0.2, 0) is 28.5 Å². The van der Waals surface area contributed by atoms with Gasteiger partial charge in [0.25, 0.3) is 0 Å². The van der Waals surface area contributed by atoms with E-state index in [9.17, 15) is 9.59 Å². The fraction of sp³-hybridized carbons (Fsp3) is 0.952. The van der Waals surface area contributed by atoms with Crippen LogP contribution >= 0.6 is 0 Å². The molecule has 0 aromatic rings. The molecule has 4 saturated heterocycles. The van der Waals surface area contributed by atoms with Crippen LogP contribution in [0.4, 0.5) is 0 Å². The predicted octanol–water partition coefficient (Wildman–Crippen LogP) is 4.73. The smallest absolute Gasteiger partial charge is 0.248 e. The van der Waals surface area contributed by atoms with E-state index in [4.69, 9.17) is 18.9 Å². The molecular formula is C42H79N5O6. The number of hydrogen-bond acceptors (Lipinski definition) is 9. The lowest BCUT2D eigenvalue weighted by Crippen LogP contribution is -2.49. The van der Waals surface area contributed by atoms with Gasteiger partial charge in [-0.15, -0.1) is 0 Å². The highest BCUT2D eigenvalue weighted by Gasteiger charge is 2.37. The Balaban J connectivity index is 0.992. The molecule has 0 aromatic heterocycles. The van der Waals surface area contributed by atoms with Gasteiger partial charge in [0.05, 0.1) is 33.0 Å². The van der Waals surface area contributed by atoms with E-state index in [0.717, 1.165) is 104 Å². The van der Waals surface area contributed by atoms with Gasteiger partial charge in [0.15, 0.2) is 0 Å². The van der Waals surface area contributed by atoms with Gasteiger partial charge in [-0.1, -0.05) is 20.8 Å². The van der Waals surface area contributed by atoms with Crippen molar-refractivity contribution in [2.75, 3.05) is 125 Å². The van der Waals surface area contributed by atoms with Gasteiger partial charge in [0, 0.05) is 77.6 Å². The van der Waals surface area contributed by atoms with Crippen LogP contribution in [0.25, 0.3) is 0 Å². The van der Waals surface area contributed by atoms with Crippen LogP contribution in [0.1, 0.15) is 93.4 Å². The minimum Gasteiger partial charge on any atom is -0.379 e. The van der Waals surface area contributed by atoms with Crippen molar-refractivity contribution in [2.24, 2.45) is 29.1 Å². The van der Waals surface area contributed by atoms with Gasteiger partial charge < -0.3 is 33.6 Å². The standard InChI is InChI=1S/C42H79N5O6/c1-34(2)44-14-8-37(9-15-44)31-51-28-29-53-33-41(49)47-18-12-39(13-19-47)42(6,7)30-36(5)38-10-16-46(17-11-38)40(48)32-52-27-26-50-25-24-43-20-22-45(23-21-43)35(3)4/h34-39H,8-33H2,1-7H3. The number of nitrogens with zero attached hydrogens (tertiary/aromatic N) is 5. The van der Waals surface area contributed by atoms with Crippen molar-refractivity contribution in [3.05, 3.63) is 0 Å². The van der Waals surface area contributed by atoms with Crippen molar-refractivity contribution in [2.45, 2.75) is 105 Å². The lowest BCUT2D eigenvalue weighted by molar-refractivity contribution is -0.139. The number of ether oxygens (including phenoxy) is 4. The third-order valence-corrected chi connectivity index (χ3v) is 13.1. The van der Waals surface area contributed by atoms with E-state index in [2.05, 4.69) is 63.2 Å². The first-order chi connectivity index (χ1) is 25.4. The topological polar surface area (TPSA) is 87.3 Å². The zero-order valence-electron chi connectivity index (χ0n) is 35.0. The number of carbonyl (C=O) groups excluding carboxylic acids is 2. The van der Waals surface area contributed by atoms with Gasteiger partial charge in [-0.3, -0.25) is 19.4 Å². The number of rotatable bonds is 21. The highest BCUT2D eigenvalue weighted by atomic mass is 16.5. The van der Waals surface area contributed by atoms with Crippen molar-refractivity contribution in [1.29, 1.82) is 0 Å². The number of likely N-dealkylation sites (tertiary alicyclic amines) is 3. The monoisotopic (exact) mass is 750 g/mol. The molecule has 4 rings (SSSR count). The molecule has 0 radical (unpaired) electrons. The Morgan fingerprint density at radius 1 is 0.585 bits per heavy atom. The molecule has 4 aliphatic heterocycles. The first-order valence-electron chi connectivity index (χ1n) is 21.5. The van der Waals surface area contributed by atoms with Crippen LogP contribution in [0.3, 0.4) is 0 Å². The Labute approximate surface area is 323 Å². The van der Waals surface area contributed by atoms with Crippen molar-refractivity contribution in [3.8, 4) is 0 Å². The van der Waals surface area contributed by atoms with E-state index < -0.39 is 0 Å². The molecule has 4 heterocycles. The quantitative estimate of drug-likeness (QED) is 0.155. The molecule has 0 aromatic carbocycles. The van der Waals surface area contributed by atoms with Crippen molar-refractivity contribution >= 4 is 11.8 Å². The Kier molecular flexibility index (Phi) is 19.3. The molecule has 11 heteroatoms. The third kappa shape index (κ3) is 15.3. The summed E-state index contributed by atoms with van der Waals surface area (Å²) in [5, 5.41) is 0. The molecule has 0 bridgehead atoms. The Morgan fingerprint density at radius 2 is 1.08 bits per heavy atom. The summed E-state index contributed by atoms with van der Waals surface area (Å²) in [6.07, 6.45) is 7.82. The maximum Gasteiger partial charge on any atom is 0.248 e. The Morgan fingerprint density at radius 3 is 1.62 bits per heavy atom. The highest BCUT2D eigenvalue weighted by molar-refractivity contribution is 5.77. The predicted molar refractivity (Wildman–Crippen MR) is 212 cm³/mol. The van der Waals surface area contributed by atoms with E-state index in [-0.39, 0.29) is 30.4 Å². The number of hydrogen-bond donors (Lipinski definition) is 0. The minimum atomic E-state index is 0.104. The first-order valence-corrected chi connectivity index (χ1v) is 21.5. The number of amides is 2. The second-order valence-corrected chi connectivity index (χ2v) is 17.9. The molecule has 53 heavy (non-hydrogen) atoms. The minimum absolute atomic E-state index is 0.104. The summed E-state index contributed by atoms with van der Waals surface area (Å²) < 4.78 is 23.1. The molecule has 0 aliphatic carbocycles. The molecule has 11 nitrogen and oxygen atoms in total. The summed E-state index contributed by atoms with van der Waals surface area (Å²) in [5.74, 6) is 2.71. The molecule has 308 valence electrons. The zero-order valence-corrected chi connectivity index (χ0v) is 35.0. The van der Waals surface area contributed by atoms with Gasteiger partial charge in [-0.05, 0) is 115 Å². The van der Waals surface area contributed by atoms with E-state index in [1.54, 1.807) is 0 Å². The second kappa shape index (κ2) is 23.0. The fourth-order valence-electron chi connectivity index (χ4n) is 9.21. The largest absolute Gasteiger partial charge is 0.379 e. The summed E-state index contributed by atoms with van der Waals surface area (Å²) in [6.45, 7) is 31.2. The van der Waals surface area contributed by atoms with Gasteiger partial charge >= 0.3 is 0 Å². The van der Waals surface area contributed by atoms with Crippen molar-refractivity contribution in [3.63, 3.8) is 0 Å². The van der Waals surface area contributed by atoms with Crippen LogP contribution in [0.15, 0.2) is 0 Å². The average molecular weight is 750 g/mol. The van der Waals surface area contributed by atoms with Crippen molar-refractivity contribution in [1.82, 2.24) is 24.5 Å². The maximum atomic E-state index is 12.9. The summed E-state index contributed by atoms with van der Waals surface area (Å²) >= 11 is 0. The average Bonchev–Trinajstić information content (AvgIpc) is 3.16. The lowest BCUT2D eigenvalue weighted by Gasteiger charge is -2.44. The van der Waals surface area contributed by atoms with Crippen LogP contribution < -0.4 is 0 Å². The number of piperidine rings is 3. The van der Waals surface area contributed by atoms with Gasteiger partial charge in [-0.25, -0.2) is 0 Å². The van der Waals surface area contributed by atoms with Crippen LogP contribution in [0.2, 0.25) is 0 Å². The molecular weight excluding hydrogens is 670 g/mol. The summed E-state index contributed by atoms with van der Waals surface area (Å²) in [4.78, 5) is 37.2. The fourth-order valence-corrected chi connectivity index (χ4v) is 9.21. The highest BCUT2D eigenvalue weighted by Crippen LogP contribution is 2.43. The van der Waals surface area contributed by atoms with E-state index in [0.29, 0.717) is 68.8 Å². The van der Waals surface area contributed by atoms with Gasteiger partial charge in [0.1, 0.15) is 13.2 Å². The molecule has 0 saturated carbocycles. The van der Waals surface area contributed by atoms with Gasteiger partial charge in [0.2, 0.25) is 11.8 Å². The SMILES string of the molecule is CC(CC(C)(C)C1CCN(C(=O)COCCOCC2CCN(C(C)C)CC2)CC1)C1CCN(C(=O)COCCOCCN2CCN(C(C)C)CC2)CC1. The maximum absolute atomic E-state index is 12.9. The summed E-state index contributed by atoms with van der Waals surface area (Å²) in [6, 6.07) is 1.25. The first kappa shape index (κ1) is 44.4. The Hall–Kier alpha value is -1.34. The summed E-state index contributed by atoms with van der Waals surface area (Å²) in [5.41, 5.74) is 0.222. The van der Waals surface area contributed by atoms with E-state index >= 15 is 0 Å². The van der Waals surface area contributed by atoms with Crippen LogP contribution in [0.5, 0.6) is 0 Å². The Bertz CT molecular complexity index is 1030. The molecule has 0 spiro atoms. The molecule has 1 atom stereocenters. The lowest BCUT2D eigenvalue weighted by atomic mass is 9.66. The molecule has 2 amide bonds. The van der Waals surface area contributed by atoms with E-state index in [1.165, 1.54) is 19.3 Å². The van der Waals surface area contributed by atoms with Crippen LogP contribution in [0, 0.1) is 29.1 Å². The number of piperazine rings is 1. The van der Waals surface area contributed by atoms with Gasteiger partial charge in [-0.2, -0.15) is 0 Å². The second-order valence-electron chi connectivity index (χ2n) is 17.9. The van der Waals surface area contributed by atoms with Crippen molar-refractivity contribution < 1.29 is 28.5 Å². The summed E-state index contributed by atoms with van der Waals surface area (Å²) in [7, 11) is 0. The normalized spacial score (nSPS) is 22.0. The molecule has 4 fully saturated rings. The molecule has 4 aliphatic rings. The molecule has 0 N–H and O–H groups in total. The molecule has 1 unspecified atom stereocenters. The number of carbonyl (C=O) groups is 2. The zero-order chi connectivity index (χ0) is 38.2. The third-order valence-electron chi connectivity index (χ3n) is 13.1.